The molecule has 1 rings (SSSR count). The molecular formula is C14H31IN4. The Morgan fingerprint density at radius 3 is 2.53 bits per heavy atom. The van der Waals surface area contributed by atoms with Crippen molar-refractivity contribution in [3.05, 3.63) is 0 Å². The van der Waals surface area contributed by atoms with Crippen LogP contribution < -0.4 is 10.6 Å². The largest absolute Gasteiger partial charge is 0.355 e. The van der Waals surface area contributed by atoms with Gasteiger partial charge in [0.2, 0.25) is 0 Å². The summed E-state index contributed by atoms with van der Waals surface area (Å²) in [4.78, 5) is 6.86. The van der Waals surface area contributed by atoms with E-state index in [2.05, 4.69) is 48.2 Å². The van der Waals surface area contributed by atoms with Crippen molar-refractivity contribution in [1.29, 1.82) is 0 Å². The lowest BCUT2D eigenvalue weighted by Crippen LogP contribution is -2.47. The summed E-state index contributed by atoms with van der Waals surface area (Å²) in [5.74, 6) is 1.67. The molecule has 0 aromatic heterocycles. The minimum atomic E-state index is 0. The molecule has 1 saturated heterocycles. The maximum absolute atomic E-state index is 4.25. The summed E-state index contributed by atoms with van der Waals surface area (Å²) < 4.78 is 0. The van der Waals surface area contributed by atoms with Crippen molar-refractivity contribution in [1.82, 2.24) is 15.5 Å². The van der Waals surface area contributed by atoms with Gasteiger partial charge in [-0.15, -0.1) is 24.0 Å². The summed E-state index contributed by atoms with van der Waals surface area (Å²) >= 11 is 0. The van der Waals surface area contributed by atoms with Gasteiger partial charge in [0.05, 0.1) is 0 Å². The third kappa shape index (κ3) is 7.34. The van der Waals surface area contributed by atoms with Crippen LogP contribution in [0.15, 0.2) is 4.99 Å². The molecule has 0 saturated carbocycles. The molecule has 1 atom stereocenters. The Balaban J connectivity index is 0.00000324. The summed E-state index contributed by atoms with van der Waals surface area (Å²) in [6.07, 6.45) is 2.63. The molecule has 0 aliphatic carbocycles. The number of halogens is 1. The van der Waals surface area contributed by atoms with Crippen LogP contribution in [0.25, 0.3) is 0 Å². The highest BCUT2D eigenvalue weighted by Crippen LogP contribution is 2.17. The zero-order valence-corrected chi connectivity index (χ0v) is 15.4. The van der Waals surface area contributed by atoms with Gasteiger partial charge in [-0.3, -0.25) is 9.89 Å². The fourth-order valence-corrected chi connectivity index (χ4v) is 2.52. The lowest BCUT2D eigenvalue weighted by atomic mass is 10.1. The Kier molecular flexibility index (Phi) is 9.78. The number of rotatable bonds is 5. The van der Waals surface area contributed by atoms with Gasteiger partial charge in [0, 0.05) is 32.2 Å². The van der Waals surface area contributed by atoms with E-state index >= 15 is 0 Å². The highest BCUT2D eigenvalue weighted by Gasteiger charge is 2.24. The maximum Gasteiger partial charge on any atom is 0.191 e. The fraction of sp³-hybridized carbons (Fsp3) is 0.929. The Hall–Kier alpha value is -0.0400. The molecule has 0 amide bonds. The van der Waals surface area contributed by atoms with Crippen LogP contribution in [-0.2, 0) is 0 Å². The van der Waals surface area contributed by atoms with Crippen LogP contribution in [0.4, 0.5) is 0 Å². The first-order chi connectivity index (χ1) is 8.52. The zero-order chi connectivity index (χ0) is 13.5. The standard InChI is InChI=1S/C14H30N4.HI/c1-11(2)10-18-8-6-7-13(18)9-16-14(15-5)17-12(3)4;/h11-13H,6-10H2,1-5H3,(H2,15,16,17);1H/t13-;/m1./s1. The van der Waals surface area contributed by atoms with Gasteiger partial charge < -0.3 is 10.6 Å². The number of likely N-dealkylation sites (tertiary alicyclic amines) is 1. The smallest absolute Gasteiger partial charge is 0.191 e. The van der Waals surface area contributed by atoms with Gasteiger partial charge in [-0.2, -0.15) is 0 Å². The first kappa shape index (κ1) is 19.0. The summed E-state index contributed by atoms with van der Waals surface area (Å²) in [7, 11) is 1.83. The molecule has 1 fully saturated rings. The minimum Gasteiger partial charge on any atom is -0.355 e. The van der Waals surface area contributed by atoms with Gasteiger partial charge in [0.25, 0.3) is 0 Å². The molecule has 2 N–H and O–H groups in total. The highest BCUT2D eigenvalue weighted by atomic mass is 127. The second-order valence-electron chi connectivity index (χ2n) is 5.94. The van der Waals surface area contributed by atoms with Crippen molar-refractivity contribution in [3.8, 4) is 0 Å². The molecule has 0 spiro atoms. The molecule has 1 aliphatic heterocycles. The second kappa shape index (κ2) is 9.80. The predicted molar refractivity (Wildman–Crippen MR) is 94.5 cm³/mol. The Morgan fingerprint density at radius 1 is 1.32 bits per heavy atom. The van der Waals surface area contributed by atoms with Crippen LogP contribution in [0.2, 0.25) is 0 Å². The molecule has 0 aromatic carbocycles. The highest BCUT2D eigenvalue weighted by molar-refractivity contribution is 14.0. The molecule has 1 aliphatic rings. The number of guanidine groups is 1. The van der Waals surface area contributed by atoms with Crippen molar-refractivity contribution < 1.29 is 0 Å². The third-order valence-electron chi connectivity index (χ3n) is 3.25. The van der Waals surface area contributed by atoms with E-state index in [1.54, 1.807) is 0 Å². The van der Waals surface area contributed by atoms with Gasteiger partial charge in [-0.1, -0.05) is 13.8 Å². The van der Waals surface area contributed by atoms with E-state index in [9.17, 15) is 0 Å². The van der Waals surface area contributed by atoms with E-state index in [0.29, 0.717) is 12.1 Å². The fourth-order valence-electron chi connectivity index (χ4n) is 2.52. The molecule has 0 unspecified atom stereocenters. The minimum absolute atomic E-state index is 0. The first-order valence-corrected chi connectivity index (χ1v) is 7.24. The van der Waals surface area contributed by atoms with Crippen molar-refractivity contribution in [2.24, 2.45) is 10.9 Å². The maximum atomic E-state index is 4.25. The van der Waals surface area contributed by atoms with Gasteiger partial charge >= 0.3 is 0 Å². The molecule has 4 nitrogen and oxygen atoms in total. The molecule has 1 heterocycles. The molecular weight excluding hydrogens is 351 g/mol. The summed E-state index contributed by atoms with van der Waals surface area (Å²) in [5, 5.41) is 6.77. The zero-order valence-electron chi connectivity index (χ0n) is 13.1. The SMILES string of the molecule is CN=C(NC[C@H]1CCCN1CC(C)C)NC(C)C.I. The molecule has 19 heavy (non-hydrogen) atoms. The predicted octanol–water partition coefficient (Wildman–Crippen LogP) is 2.30. The van der Waals surface area contributed by atoms with Crippen LogP contribution in [0.3, 0.4) is 0 Å². The Bertz CT molecular complexity index is 266. The topological polar surface area (TPSA) is 39.7 Å². The van der Waals surface area contributed by atoms with E-state index in [0.717, 1.165) is 18.4 Å². The monoisotopic (exact) mass is 382 g/mol. The molecule has 0 radical (unpaired) electrons. The molecule has 114 valence electrons. The van der Waals surface area contributed by atoms with E-state index in [-0.39, 0.29) is 24.0 Å². The molecule has 0 aromatic rings. The van der Waals surface area contributed by atoms with Gasteiger partial charge in [0.1, 0.15) is 0 Å². The normalized spacial score (nSPS) is 20.8. The van der Waals surface area contributed by atoms with Gasteiger partial charge in [-0.05, 0) is 39.2 Å². The van der Waals surface area contributed by atoms with Crippen LogP contribution in [0, 0.1) is 5.92 Å². The number of aliphatic imine (C=N–C) groups is 1. The van der Waals surface area contributed by atoms with Crippen molar-refractivity contribution in [2.45, 2.75) is 52.6 Å². The lowest BCUT2D eigenvalue weighted by Gasteiger charge is -2.27. The number of nitrogens with zero attached hydrogens (tertiary/aromatic N) is 2. The van der Waals surface area contributed by atoms with Crippen LogP contribution in [-0.4, -0.2) is 49.6 Å². The van der Waals surface area contributed by atoms with Crippen LogP contribution in [0.5, 0.6) is 0 Å². The average Bonchev–Trinajstić information content (AvgIpc) is 2.70. The van der Waals surface area contributed by atoms with E-state index < -0.39 is 0 Å². The molecule has 5 heteroatoms. The number of hydrogen-bond donors (Lipinski definition) is 2. The first-order valence-electron chi connectivity index (χ1n) is 7.24. The average molecular weight is 382 g/mol. The number of nitrogens with one attached hydrogen (secondary N) is 2. The van der Waals surface area contributed by atoms with Crippen molar-refractivity contribution >= 4 is 29.9 Å². The third-order valence-corrected chi connectivity index (χ3v) is 3.25. The summed E-state index contributed by atoms with van der Waals surface area (Å²) in [6.45, 7) is 12.3. The quantitative estimate of drug-likeness (QED) is 0.436. The Labute approximate surface area is 135 Å². The van der Waals surface area contributed by atoms with E-state index in [1.165, 1.54) is 25.9 Å². The van der Waals surface area contributed by atoms with Crippen LogP contribution >= 0.6 is 24.0 Å². The van der Waals surface area contributed by atoms with E-state index in [1.807, 2.05) is 7.05 Å². The second-order valence-corrected chi connectivity index (χ2v) is 5.94. The lowest BCUT2D eigenvalue weighted by molar-refractivity contribution is 0.226. The molecule has 0 bridgehead atoms. The summed E-state index contributed by atoms with van der Waals surface area (Å²) in [6, 6.07) is 1.09. The Morgan fingerprint density at radius 2 is 2.00 bits per heavy atom. The van der Waals surface area contributed by atoms with E-state index in [4.69, 9.17) is 0 Å². The van der Waals surface area contributed by atoms with Gasteiger partial charge in [0.15, 0.2) is 5.96 Å². The van der Waals surface area contributed by atoms with Crippen molar-refractivity contribution in [2.75, 3.05) is 26.7 Å². The van der Waals surface area contributed by atoms with Crippen molar-refractivity contribution in [3.63, 3.8) is 0 Å². The number of hydrogen-bond acceptors (Lipinski definition) is 2. The van der Waals surface area contributed by atoms with Gasteiger partial charge in [-0.25, -0.2) is 0 Å². The summed E-state index contributed by atoms with van der Waals surface area (Å²) in [5.41, 5.74) is 0. The van der Waals surface area contributed by atoms with Crippen LogP contribution in [0.1, 0.15) is 40.5 Å².